The smallest absolute Gasteiger partial charge is 0.314 e. The second kappa shape index (κ2) is 5.77. The van der Waals surface area contributed by atoms with Gasteiger partial charge in [0.15, 0.2) is 0 Å². The average molecular weight is 333 g/mol. The zero-order valence-electron chi connectivity index (χ0n) is 13.9. The largest absolute Gasteiger partial charge is 0.481 e. The van der Waals surface area contributed by atoms with E-state index in [0.29, 0.717) is 0 Å². The Balaban J connectivity index is 1.59. The van der Waals surface area contributed by atoms with Crippen molar-refractivity contribution < 1.29 is 9.90 Å². The molecule has 0 amide bonds. The molecule has 2 aromatic carbocycles. The van der Waals surface area contributed by atoms with Crippen LogP contribution < -0.4 is 5.32 Å². The monoisotopic (exact) mass is 333 g/mol. The van der Waals surface area contributed by atoms with Gasteiger partial charge in [0, 0.05) is 12.6 Å². The summed E-state index contributed by atoms with van der Waals surface area (Å²) < 4.78 is 0. The number of hydrogen-bond acceptors (Lipinski definition) is 3. The summed E-state index contributed by atoms with van der Waals surface area (Å²) in [5.74, 6) is 0.172. The lowest BCUT2D eigenvalue weighted by atomic mass is 9.93. The first-order valence-electron chi connectivity index (χ1n) is 8.30. The maximum absolute atomic E-state index is 11.4. The van der Waals surface area contributed by atoms with Crippen LogP contribution in [0.1, 0.15) is 18.4 Å². The molecule has 0 saturated heterocycles. The van der Waals surface area contributed by atoms with E-state index < -0.39 is 11.4 Å². The molecule has 5 heteroatoms. The number of nitrogens with zero attached hydrogens (tertiary/aromatic N) is 1. The second-order valence-electron chi connectivity index (χ2n) is 6.45. The number of H-pyrrole nitrogens is 1. The van der Waals surface area contributed by atoms with E-state index in [1.165, 1.54) is 0 Å². The molecule has 1 saturated carbocycles. The van der Waals surface area contributed by atoms with E-state index in [9.17, 15) is 9.90 Å². The first kappa shape index (κ1) is 15.4. The predicted octanol–water partition coefficient (Wildman–Crippen LogP) is 3.90. The van der Waals surface area contributed by atoms with Crippen molar-refractivity contribution in [1.82, 2.24) is 10.2 Å². The van der Waals surface area contributed by atoms with Gasteiger partial charge in [-0.1, -0.05) is 48.5 Å². The van der Waals surface area contributed by atoms with Gasteiger partial charge in [-0.05, 0) is 35.1 Å². The molecular formula is C20H19N3O2. The number of rotatable bonds is 5. The van der Waals surface area contributed by atoms with Crippen molar-refractivity contribution in [2.24, 2.45) is 0 Å². The number of nitrogens with one attached hydrogen (secondary N) is 2. The highest BCUT2D eigenvalue weighted by Crippen LogP contribution is 2.48. The minimum atomic E-state index is -0.718. The van der Waals surface area contributed by atoms with Crippen molar-refractivity contribution in [2.45, 2.75) is 18.3 Å². The van der Waals surface area contributed by atoms with Gasteiger partial charge in [0.25, 0.3) is 0 Å². The number of carboxylic acid groups (broad SMARTS) is 1. The lowest BCUT2D eigenvalue weighted by Crippen LogP contribution is -2.19. The summed E-state index contributed by atoms with van der Waals surface area (Å²) in [6.45, 7) is 0. The van der Waals surface area contributed by atoms with Crippen molar-refractivity contribution >= 4 is 11.8 Å². The van der Waals surface area contributed by atoms with Crippen LogP contribution >= 0.6 is 0 Å². The van der Waals surface area contributed by atoms with Gasteiger partial charge >= 0.3 is 5.97 Å². The number of carboxylic acids is 1. The van der Waals surface area contributed by atoms with Crippen LogP contribution in [0.2, 0.25) is 0 Å². The highest BCUT2D eigenvalue weighted by molar-refractivity contribution is 5.85. The normalized spacial score (nSPS) is 14.9. The maximum Gasteiger partial charge on any atom is 0.314 e. The number of aromatic amines is 1. The van der Waals surface area contributed by atoms with Gasteiger partial charge < -0.3 is 10.4 Å². The Hall–Kier alpha value is -3.08. The number of benzene rings is 2. The summed E-state index contributed by atoms with van der Waals surface area (Å²) in [5.41, 5.74) is 4.55. The Bertz CT molecular complexity index is 907. The van der Waals surface area contributed by atoms with E-state index >= 15 is 0 Å². The molecule has 0 spiro atoms. The summed E-state index contributed by atoms with van der Waals surface area (Å²) in [7, 11) is 1.86. The molecule has 1 aliphatic carbocycles. The van der Waals surface area contributed by atoms with Gasteiger partial charge in [-0.2, -0.15) is 5.10 Å². The summed E-state index contributed by atoms with van der Waals surface area (Å²) >= 11 is 0. The molecule has 5 nitrogen and oxygen atoms in total. The molecule has 1 aromatic heterocycles. The van der Waals surface area contributed by atoms with Gasteiger partial charge in [0.05, 0.1) is 11.6 Å². The van der Waals surface area contributed by atoms with Crippen LogP contribution in [0, 0.1) is 0 Å². The van der Waals surface area contributed by atoms with E-state index in [4.69, 9.17) is 0 Å². The molecule has 1 fully saturated rings. The molecule has 0 unspecified atom stereocenters. The van der Waals surface area contributed by atoms with E-state index in [1.54, 1.807) is 6.20 Å². The maximum atomic E-state index is 11.4. The van der Waals surface area contributed by atoms with Crippen molar-refractivity contribution in [1.29, 1.82) is 0 Å². The van der Waals surface area contributed by atoms with Gasteiger partial charge in [-0.3, -0.25) is 9.89 Å². The molecule has 0 radical (unpaired) electrons. The molecule has 0 bridgehead atoms. The van der Waals surface area contributed by atoms with E-state index in [-0.39, 0.29) is 0 Å². The van der Waals surface area contributed by atoms with Crippen LogP contribution in [0.3, 0.4) is 0 Å². The summed E-state index contributed by atoms with van der Waals surface area (Å²) in [5, 5.41) is 19.5. The molecule has 126 valence electrons. The minimum Gasteiger partial charge on any atom is -0.481 e. The Labute approximate surface area is 145 Å². The van der Waals surface area contributed by atoms with Crippen LogP contribution in [0.25, 0.3) is 22.3 Å². The molecule has 1 heterocycles. The number of carbonyl (C=O) groups is 1. The number of aliphatic carboxylic acids is 1. The molecule has 3 aromatic rings. The molecule has 0 aliphatic heterocycles. The molecule has 3 N–H and O–H groups in total. The number of aromatic nitrogens is 2. The first-order valence-corrected chi connectivity index (χ1v) is 8.30. The third-order valence-electron chi connectivity index (χ3n) is 5.02. The van der Waals surface area contributed by atoms with Crippen molar-refractivity contribution in [3.05, 3.63) is 60.3 Å². The lowest BCUT2D eigenvalue weighted by molar-refractivity contribution is -0.140. The highest BCUT2D eigenvalue weighted by Gasteiger charge is 2.51. The molecule has 4 rings (SSSR count). The average Bonchev–Trinajstić information content (AvgIpc) is 3.33. The van der Waals surface area contributed by atoms with Crippen LogP contribution in [0.5, 0.6) is 0 Å². The fraction of sp³-hybridized carbons (Fsp3) is 0.200. The topological polar surface area (TPSA) is 78.0 Å². The zero-order valence-corrected chi connectivity index (χ0v) is 13.9. The molecule has 25 heavy (non-hydrogen) atoms. The van der Waals surface area contributed by atoms with Crippen LogP contribution in [-0.4, -0.2) is 28.3 Å². The number of anilines is 1. The van der Waals surface area contributed by atoms with Gasteiger partial charge in [-0.15, -0.1) is 0 Å². The first-order chi connectivity index (χ1) is 12.1. The Morgan fingerprint density at radius 2 is 1.60 bits per heavy atom. The van der Waals surface area contributed by atoms with Crippen molar-refractivity contribution in [2.75, 3.05) is 12.4 Å². The predicted molar refractivity (Wildman–Crippen MR) is 97.6 cm³/mol. The fourth-order valence-electron chi connectivity index (χ4n) is 3.27. The standard InChI is InChI=1S/C20H19N3O2/c1-21-18-17(12-22-23-18)15-4-2-13(3-5-15)14-6-8-16(9-7-14)20(10-11-20)19(24)25/h2-9,12H,10-11H2,1H3,(H,24,25)(H2,21,22,23). The Kier molecular flexibility index (Phi) is 3.57. The summed E-state index contributed by atoms with van der Waals surface area (Å²) in [4.78, 5) is 11.4. The van der Waals surface area contributed by atoms with Crippen molar-refractivity contribution in [3.63, 3.8) is 0 Å². The van der Waals surface area contributed by atoms with Gasteiger partial charge in [0.1, 0.15) is 5.82 Å². The van der Waals surface area contributed by atoms with E-state index in [1.807, 2.05) is 31.3 Å². The minimum absolute atomic E-state index is 0.646. The Morgan fingerprint density at radius 3 is 2.12 bits per heavy atom. The van der Waals surface area contributed by atoms with Gasteiger partial charge in [-0.25, -0.2) is 0 Å². The fourth-order valence-corrected chi connectivity index (χ4v) is 3.27. The summed E-state index contributed by atoms with van der Waals surface area (Å²) in [6, 6.07) is 16.2. The quantitative estimate of drug-likeness (QED) is 0.662. The third kappa shape index (κ3) is 2.58. The Morgan fingerprint density at radius 1 is 1.04 bits per heavy atom. The second-order valence-corrected chi connectivity index (χ2v) is 6.45. The number of hydrogen-bond donors (Lipinski definition) is 3. The van der Waals surface area contributed by atoms with Gasteiger partial charge in [0.2, 0.25) is 0 Å². The molecule has 0 atom stereocenters. The summed E-state index contributed by atoms with van der Waals surface area (Å²) in [6.07, 6.45) is 3.26. The van der Waals surface area contributed by atoms with Crippen molar-refractivity contribution in [3.8, 4) is 22.3 Å². The third-order valence-corrected chi connectivity index (χ3v) is 5.02. The SMILES string of the molecule is CNc1[nH]ncc1-c1ccc(-c2ccc(C3(C(=O)O)CC3)cc2)cc1. The van der Waals surface area contributed by atoms with Crippen LogP contribution in [0.15, 0.2) is 54.7 Å². The highest BCUT2D eigenvalue weighted by atomic mass is 16.4. The lowest BCUT2D eigenvalue weighted by Gasteiger charge is -2.11. The van der Waals surface area contributed by atoms with E-state index in [2.05, 4.69) is 39.8 Å². The van der Waals surface area contributed by atoms with Crippen LogP contribution in [-0.2, 0) is 10.2 Å². The molecule has 1 aliphatic rings. The molecular weight excluding hydrogens is 314 g/mol. The van der Waals surface area contributed by atoms with E-state index in [0.717, 1.165) is 46.5 Å². The zero-order chi connectivity index (χ0) is 17.4. The van der Waals surface area contributed by atoms with Crippen LogP contribution in [0.4, 0.5) is 5.82 Å².